The molecule has 14 heavy (non-hydrogen) atoms. The first-order chi connectivity index (χ1) is 6.15. The Bertz CT molecular complexity index is 265. The van der Waals surface area contributed by atoms with E-state index in [9.17, 15) is 9.50 Å². The molecular weight excluding hydrogens is 205 g/mol. The smallest absolute Gasteiger partial charge is 0.123 e. The number of nitrogens with one attached hydrogen (secondary N) is 1. The predicted octanol–water partition coefficient (Wildman–Crippen LogP) is 1.89. The summed E-state index contributed by atoms with van der Waals surface area (Å²) in [5, 5.41) is 12.6. The van der Waals surface area contributed by atoms with Crippen LogP contribution in [0.15, 0.2) is 24.3 Å². The van der Waals surface area contributed by atoms with Crippen molar-refractivity contribution in [2.24, 2.45) is 0 Å². The quantitative estimate of drug-likeness (QED) is 0.814. The Labute approximate surface area is 89.6 Å². The summed E-state index contributed by atoms with van der Waals surface area (Å²) in [6.45, 7) is 1.87. The van der Waals surface area contributed by atoms with E-state index in [4.69, 9.17) is 0 Å². The molecule has 1 aromatic carbocycles. The maximum Gasteiger partial charge on any atom is 0.123 e. The Hall–Kier alpha value is -0.640. The van der Waals surface area contributed by atoms with Gasteiger partial charge in [0.15, 0.2) is 0 Å². The van der Waals surface area contributed by atoms with Gasteiger partial charge in [-0.25, -0.2) is 4.39 Å². The van der Waals surface area contributed by atoms with Gasteiger partial charge in [0.1, 0.15) is 5.82 Å². The molecule has 0 aliphatic rings. The molecule has 0 amide bonds. The Morgan fingerprint density at radius 3 is 2.21 bits per heavy atom. The van der Waals surface area contributed by atoms with E-state index in [1.54, 1.807) is 19.2 Å². The van der Waals surface area contributed by atoms with Crippen LogP contribution in [0.25, 0.3) is 0 Å². The van der Waals surface area contributed by atoms with Gasteiger partial charge in [0.25, 0.3) is 0 Å². The molecule has 0 spiro atoms. The summed E-state index contributed by atoms with van der Waals surface area (Å²) in [6, 6.07) is 5.84. The minimum absolute atomic E-state index is 0. The number of halogens is 2. The van der Waals surface area contributed by atoms with Crippen molar-refractivity contribution in [3.63, 3.8) is 0 Å². The van der Waals surface area contributed by atoms with Gasteiger partial charge in [-0.2, -0.15) is 0 Å². The summed E-state index contributed by atoms with van der Waals surface area (Å²) in [5.41, 5.74) is 0.725. The fourth-order valence-corrected chi connectivity index (χ4v) is 1.11. The number of aliphatic hydroxyl groups is 1. The number of hydrogen-bond donors (Lipinski definition) is 2. The SMILES string of the molecule is CN[C@@H](C)[C@H](O)c1ccc(F)cc1.Cl. The van der Waals surface area contributed by atoms with E-state index in [2.05, 4.69) is 5.32 Å². The van der Waals surface area contributed by atoms with Crippen LogP contribution in [-0.2, 0) is 0 Å². The first kappa shape index (κ1) is 13.4. The second kappa shape index (κ2) is 5.96. The maximum absolute atomic E-state index is 12.5. The Kier molecular flexibility index (Phi) is 5.69. The van der Waals surface area contributed by atoms with Crippen molar-refractivity contribution in [3.8, 4) is 0 Å². The average Bonchev–Trinajstić information content (AvgIpc) is 2.17. The zero-order valence-electron chi connectivity index (χ0n) is 8.20. The molecule has 2 atom stereocenters. The molecule has 0 heterocycles. The van der Waals surface area contributed by atoms with E-state index in [-0.39, 0.29) is 24.3 Å². The molecule has 0 aliphatic heterocycles. The van der Waals surface area contributed by atoms with E-state index in [0.29, 0.717) is 0 Å². The molecular formula is C10H15ClFNO. The number of hydrogen-bond acceptors (Lipinski definition) is 2. The van der Waals surface area contributed by atoms with E-state index < -0.39 is 6.10 Å². The van der Waals surface area contributed by atoms with Gasteiger partial charge in [0, 0.05) is 6.04 Å². The van der Waals surface area contributed by atoms with Crippen molar-refractivity contribution in [2.75, 3.05) is 7.05 Å². The van der Waals surface area contributed by atoms with Gasteiger partial charge in [-0.05, 0) is 31.7 Å². The van der Waals surface area contributed by atoms with Gasteiger partial charge in [-0.15, -0.1) is 12.4 Å². The monoisotopic (exact) mass is 219 g/mol. The summed E-state index contributed by atoms with van der Waals surface area (Å²) < 4.78 is 12.5. The lowest BCUT2D eigenvalue weighted by molar-refractivity contribution is 0.140. The van der Waals surface area contributed by atoms with Crippen LogP contribution in [0.4, 0.5) is 4.39 Å². The highest BCUT2D eigenvalue weighted by Crippen LogP contribution is 2.16. The molecule has 2 nitrogen and oxygen atoms in total. The van der Waals surface area contributed by atoms with E-state index in [1.165, 1.54) is 12.1 Å². The van der Waals surface area contributed by atoms with Gasteiger partial charge >= 0.3 is 0 Å². The third-order valence-electron chi connectivity index (χ3n) is 2.14. The van der Waals surface area contributed by atoms with Crippen LogP contribution in [0.1, 0.15) is 18.6 Å². The van der Waals surface area contributed by atoms with Gasteiger partial charge in [-0.1, -0.05) is 12.1 Å². The predicted molar refractivity (Wildman–Crippen MR) is 57.1 cm³/mol. The summed E-state index contributed by atoms with van der Waals surface area (Å²) in [6.07, 6.45) is -0.592. The molecule has 4 heteroatoms. The highest BCUT2D eigenvalue weighted by molar-refractivity contribution is 5.85. The topological polar surface area (TPSA) is 32.3 Å². The fourth-order valence-electron chi connectivity index (χ4n) is 1.11. The summed E-state index contributed by atoms with van der Waals surface area (Å²) in [7, 11) is 1.78. The van der Waals surface area contributed by atoms with Crippen LogP contribution in [0.5, 0.6) is 0 Å². The lowest BCUT2D eigenvalue weighted by atomic mass is 10.0. The molecule has 1 rings (SSSR count). The molecule has 0 aromatic heterocycles. The van der Waals surface area contributed by atoms with Crippen LogP contribution in [0.2, 0.25) is 0 Å². The minimum Gasteiger partial charge on any atom is -0.387 e. The van der Waals surface area contributed by atoms with Crippen molar-refractivity contribution in [2.45, 2.75) is 19.1 Å². The van der Waals surface area contributed by atoms with E-state index in [0.717, 1.165) is 5.56 Å². The van der Waals surface area contributed by atoms with Crippen molar-refractivity contribution in [1.29, 1.82) is 0 Å². The molecule has 0 bridgehead atoms. The third-order valence-corrected chi connectivity index (χ3v) is 2.14. The maximum atomic E-state index is 12.5. The third kappa shape index (κ3) is 3.25. The average molecular weight is 220 g/mol. The minimum atomic E-state index is -0.592. The lowest BCUT2D eigenvalue weighted by Gasteiger charge is -2.18. The van der Waals surface area contributed by atoms with Gasteiger partial charge in [0.05, 0.1) is 6.10 Å². The molecule has 0 fully saturated rings. The van der Waals surface area contributed by atoms with Crippen LogP contribution in [-0.4, -0.2) is 18.2 Å². The lowest BCUT2D eigenvalue weighted by Crippen LogP contribution is -2.28. The standard InChI is InChI=1S/C10H14FNO.ClH/c1-7(12-2)10(13)8-3-5-9(11)6-4-8;/h3-7,10,12-13H,1-2H3;1H/t7-,10-;/m0./s1. The molecule has 0 unspecified atom stereocenters. The van der Waals surface area contributed by atoms with Crippen molar-refractivity contribution >= 4 is 12.4 Å². The zero-order chi connectivity index (χ0) is 9.84. The largest absolute Gasteiger partial charge is 0.387 e. The van der Waals surface area contributed by atoms with Gasteiger partial charge in [-0.3, -0.25) is 0 Å². The van der Waals surface area contributed by atoms with Crippen LogP contribution >= 0.6 is 12.4 Å². The number of rotatable bonds is 3. The Balaban J connectivity index is 0.00000169. The van der Waals surface area contributed by atoms with Crippen LogP contribution in [0.3, 0.4) is 0 Å². The van der Waals surface area contributed by atoms with Crippen LogP contribution in [0, 0.1) is 5.82 Å². The van der Waals surface area contributed by atoms with Crippen molar-refractivity contribution in [3.05, 3.63) is 35.6 Å². The van der Waals surface area contributed by atoms with Crippen LogP contribution < -0.4 is 5.32 Å². The normalized spacial score (nSPS) is 14.3. The second-order valence-corrected chi connectivity index (χ2v) is 3.07. The first-order valence-corrected chi connectivity index (χ1v) is 4.26. The highest BCUT2D eigenvalue weighted by atomic mass is 35.5. The molecule has 0 radical (unpaired) electrons. The van der Waals surface area contributed by atoms with E-state index >= 15 is 0 Å². The summed E-state index contributed by atoms with van der Waals surface area (Å²) >= 11 is 0. The van der Waals surface area contributed by atoms with Gasteiger partial charge < -0.3 is 10.4 Å². The summed E-state index contributed by atoms with van der Waals surface area (Å²) in [4.78, 5) is 0. The second-order valence-electron chi connectivity index (χ2n) is 3.07. The molecule has 0 saturated carbocycles. The number of benzene rings is 1. The molecule has 2 N–H and O–H groups in total. The molecule has 1 aromatic rings. The number of likely N-dealkylation sites (N-methyl/N-ethyl adjacent to an activating group) is 1. The van der Waals surface area contributed by atoms with Gasteiger partial charge in [0.2, 0.25) is 0 Å². The fraction of sp³-hybridized carbons (Fsp3) is 0.400. The van der Waals surface area contributed by atoms with Crippen molar-refractivity contribution in [1.82, 2.24) is 5.32 Å². The Morgan fingerprint density at radius 1 is 1.29 bits per heavy atom. The summed E-state index contributed by atoms with van der Waals surface area (Å²) in [5.74, 6) is -0.284. The first-order valence-electron chi connectivity index (χ1n) is 4.26. The van der Waals surface area contributed by atoms with E-state index in [1.807, 2.05) is 6.92 Å². The number of aliphatic hydroxyl groups excluding tert-OH is 1. The Morgan fingerprint density at radius 2 is 1.79 bits per heavy atom. The molecule has 80 valence electrons. The zero-order valence-corrected chi connectivity index (χ0v) is 9.01. The highest BCUT2D eigenvalue weighted by Gasteiger charge is 2.13. The van der Waals surface area contributed by atoms with Crippen molar-refractivity contribution < 1.29 is 9.50 Å². The molecule has 0 aliphatic carbocycles. The molecule has 0 saturated heterocycles.